The molecular weight excluding hydrogens is 278 g/mol. The van der Waals surface area contributed by atoms with Gasteiger partial charge in [0.25, 0.3) is 0 Å². The van der Waals surface area contributed by atoms with Crippen LogP contribution in [0.15, 0.2) is 24.5 Å². The van der Waals surface area contributed by atoms with Crippen molar-refractivity contribution in [3.05, 3.63) is 35.1 Å². The first kappa shape index (κ1) is 14.7. The number of methoxy groups -OCH3 is 2. The standard InChI is InChI=1S/C14H18ClN3O2/c1-10-8-12(13(20-3)9-11(10)15)18-6-4-16-14(18)17-5-7-19-2/h4,6,8-9H,5,7H2,1-3H3,(H,16,17). The molecule has 5 nitrogen and oxygen atoms in total. The van der Waals surface area contributed by atoms with Gasteiger partial charge < -0.3 is 14.8 Å². The summed E-state index contributed by atoms with van der Waals surface area (Å²) in [6.07, 6.45) is 3.61. The lowest BCUT2D eigenvalue weighted by Gasteiger charge is -2.14. The number of benzene rings is 1. The van der Waals surface area contributed by atoms with E-state index >= 15 is 0 Å². The third-order valence-electron chi connectivity index (χ3n) is 2.95. The molecule has 0 aliphatic heterocycles. The van der Waals surface area contributed by atoms with E-state index in [2.05, 4.69) is 10.3 Å². The molecule has 0 saturated carbocycles. The maximum Gasteiger partial charge on any atom is 0.207 e. The summed E-state index contributed by atoms with van der Waals surface area (Å²) >= 11 is 6.13. The van der Waals surface area contributed by atoms with Crippen molar-refractivity contribution >= 4 is 17.5 Å². The molecule has 0 fully saturated rings. The number of ether oxygens (including phenoxy) is 2. The summed E-state index contributed by atoms with van der Waals surface area (Å²) in [7, 11) is 3.29. The summed E-state index contributed by atoms with van der Waals surface area (Å²) < 4.78 is 12.4. The zero-order valence-corrected chi connectivity index (χ0v) is 12.6. The molecule has 1 aromatic carbocycles. The molecule has 1 heterocycles. The largest absolute Gasteiger partial charge is 0.495 e. The van der Waals surface area contributed by atoms with Crippen LogP contribution in [0.4, 0.5) is 5.95 Å². The van der Waals surface area contributed by atoms with Gasteiger partial charge in [-0.2, -0.15) is 0 Å². The minimum Gasteiger partial charge on any atom is -0.495 e. The predicted octanol–water partition coefficient (Wildman–Crippen LogP) is 2.90. The summed E-state index contributed by atoms with van der Waals surface area (Å²) in [6.45, 7) is 3.26. The first-order chi connectivity index (χ1) is 9.67. The van der Waals surface area contributed by atoms with Crippen molar-refractivity contribution in [1.82, 2.24) is 9.55 Å². The highest BCUT2D eigenvalue weighted by Crippen LogP contribution is 2.31. The van der Waals surface area contributed by atoms with Crippen molar-refractivity contribution in [2.24, 2.45) is 0 Å². The van der Waals surface area contributed by atoms with Crippen LogP contribution in [0.1, 0.15) is 5.56 Å². The summed E-state index contributed by atoms with van der Waals surface area (Å²) in [5, 5.41) is 3.90. The van der Waals surface area contributed by atoms with Gasteiger partial charge in [0, 0.05) is 37.1 Å². The van der Waals surface area contributed by atoms with Gasteiger partial charge in [-0.25, -0.2) is 4.98 Å². The van der Waals surface area contributed by atoms with Crippen LogP contribution in [0.2, 0.25) is 5.02 Å². The van der Waals surface area contributed by atoms with E-state index in [1.807, 2.05) is 29.8 Å². The number of nitrogens with one attached hydrogen (secondary N) is 1. The molecule has 20 heavy (non-hydrogen) atoms. The number of aryl methyl sites for hydroxylation is 1. The number of hydrogen-bond donors (Lipinski definition) is 1. The molecule has 0 atom stereocenters. The van der Waals surface area contributed by atoms with Crippen molar-refractivity contribution in [3.8, 4) is 11.4 Å². The van der Waals surface area contributed by atoms with Gasteiger partial charge in [-0.15, -0.1) is 0 Å². The molecule has 0 spiro atoms. The van der Waals surface area contributed by atoms with Gasteiger partial charge in [0.1, 0.15) is 5.75 Å². The Hall–Kier alpha value is -1.72. The summed E-state index contributed by atoms with van der Waals surface area (Å²) in [6, 6.07) is 3.79. The van der Waals surface area contributed by atoms with E-state index in [0.717, 1.165) is 17.2 Å². The van der Waals surface area contributed by atoms with E-state index in [1.54, 1.807) is 20.4 Å². The molecule has 0 bridgehead atoms. The van der Waals surface area contributed by atoms with Gasteiger partial charge in [-0.3, -0.25) is 4.57 Å². The van der Waals surface area contributed by atoms with Crippen molar-refractivity contribution in [2.75, 3.05) is 32.7 Å². The number of anilines is 1. The zero-order chi connectivity index (χ0) is 14.5. The average Bonchev–Trinajstić information content (AvgIpc) is 2.90. The van der Waals surface area contributed by atoms with Crippen LogP contribution in [-0.2, 0) is 4.74 Å². The lowest BCUT2D eigenvalue weighted by molar-refractivity contribution is 0.210. The fourth-order valence-electron chi connectivity index (χ4n) is 1.89. The molecular formula is C14H18ClN3O2. The molecule has 108 valence electrons. The summed E-state index contributed by atoms with van der Waals surface area (Å²) in [5.74, 6) is 1.44. The number of rotatable bonds is 6. The molecule has 2 rings (SSSR count). The van der Waals surface area contributed by atoms with Gasteiger partial charge in [0.15, 0.2) is 0 Å². The van der Waals surface area contributed by atoms with Crippen LogP contribution in [0.5, 0.6) is 5.75 Å². The van der Waals surface area contributed by atoms with Crippen LogP contribution in [-0.4, -0.2) is 36.9 Å². The molecule has 2 aromatic rings. The van der Waals surface area contributed by atoms with Crippen molar-refractivity contribution < 1.29 is 9.47 Å². The van der Waals surface area contributed by atoms with Gasteiger partial charge in [-0.1, -0.05) is 11.6 Å². The fourth-order valence-corrected chi connectivity index (χ4v) is 2.05. The third-order valence-corrected chi connectivity index (χ3v) is 3.36. The van der Waals surface area contributed by atoms with E-state index in [-0.39, 0.29) is 0 Å². The van der Waals surface area contributed by atoms with Crippen molar-refractivity contribution in [2.45, 2.75) is 6.92 Å². The van der Waals surface area contributed by atoms with Crippen LogP contribution in [0.3, 0.4) is 0 Å². The monoisotopic (exact) mass is 295 g/mol. The number of aromatic nitrogens is 2. The van der Waals surface area contributed by atoms with E-state index < -0.39 is 0 Å². The summed E-state index contributed by atoms with van der Waals surface area (Å²) in [5.41, 5.74) is 1.88. The second-order valence-corrected chi connectivity index (χ2v) is 4.72. The highest BCUT2D eigenvalue weighted by atomic mass is 35.5. The van der Waals surface area contributed by atoms with Crippen LogP contribution in [0, 0.1) is 6.92 Å². The quantitative estimate of drug-likeness (QED) is 0.833. The Morgan fingerprint density at radius 3 is 2.85 bits per heavy atom. The SMILES string of the molecule is COCCNc1nccn1-c1cc(C)c(Cl)cc1OC. The number of nitrogens with zero attached hydrogens (tertiary/aromatic N) is 2. The minimum absolute atomic E-state index is 0.615. The van der Waals surface area contributed by atoms with Crippen LogP contribution in [0.25, 0.3) is 5.69 Å². The molecule has 0 unspecified atom stereocenters. The van der Waals surface area contributed by atoms with E-state index in [9.17, 15) is 0 Å². The Kier molecular flexibility index (Phi) is 4.87. The smallest absolute Gasteiger partial charge is 0.207 e. The molecule has 1 N–H and O–H groups in total. The number of halogens is 1. The maximum atomic E-state index is 6.13. The molecule has 0 aliphatic rings. The normalized spacial score (nSPS) is 10.6. The first-order valence-electron chi connectivity index (χ1n) is 6.28. The van der Waals surface area contributed by atoms with Gasteiger partial charge in [-0.05, 0) is 18.6 Å². The van der Waals surface area contributed by atoms with Crippen LogP contribution < -0.4 is 10.1 Å². The van der Waals surface area contributed by atoms with E-state index in [0.29, 0.717) is 23.9 Å². The highest BCUT2D eigenvalue weighted by molar-refractivity contribution is 6.31. The molecule has 1 aromatic heterocycles. The first-order valence-corrected chi connectivity index (χ1v) is 6.66. The van der Waals surface area contributed by atoms with Gasteiger partial charge in [0.05, 0.1) is 19.4 Å². The van der Waals surface area contributed by atoms with Crippen molar-refractivity contribution in [1.29, 1.82) is 0 Å². The van der Waals surface area contributed by atoms with Gasteiger partial charge in [0.2, 0.25) is 5.95 Å². The Bertz CT molecular complexity index is 584. The fraction of sp³-hybridized carbons (Fsp3) is 0.357. The van der Waals surface area contributed by atoms with E-state index in [4.69, 9.17) is 21.1 Å². The zero-order valence-electron chi connectivity index (χ0n) is 11.8. The maximum absolute atomic E-state index is 6.13. The molecule has 0 amide bonds. The Morgan fingerprint density at radius 1 is 1.35 bits per heavy atom. The average molecular weight is 296 g/mol. The van der Waals surface area contributed by atoms with E-state index in [1.165, 1.54) is 0 Å². The lowest BCUT2D eigenvalue weighted by atomic mass is 10.2. The molecule has 0 aliphatic carbocycles. The Balaban J connectivity index is 2.36. The highest BCUT2D eigenvalue weighted by Gasteiger charge is 2.12. The van der Waals surface area contributed by atoms with Gasteiger partial charge >= 0.3 is 0 Å². The Labute approximate surface area is 123 Å². The second kappa shape index (κ2) is 6.63. The topological polar surface area (TPSA) is 48.3 Å². The molecule has 0 radical (unpaired) electrons. The van der Waals surface area contributed by atoms with Crippen molar-refractivity contribution in [3.63, 3.8) is 0 Å². The summed E-state index contributed by atoms with van der Waals surface area (Å²) in [4.78, 5) is 4.30. The minimum atomic E-state index is 0.615. The van der Waals surface area contributed by atoms with Crippen LogP contribution >= 0.6 is 11.6 Å². The lowest BCUT2D eigenvalue weighted by Crippen LogP contribution is -2.12. The Morgan fingerprint density at radius 2 is 2.15 bits per heavy atom. The number of imidazole rings is 1. The third kappa shape index (κ3) is 3.05. The predicted molar refractivity (Wildman–Crippen MR) is 80.2 cm³/mol. The molecule has 6 heteroatoms. The number of hydrogen-bond acceptors (Lipinski definition) is 4. The molecule has 0 saturated heterocycles. The second-order valence-electron chi connectivity index (χ2n) is 4.31.